The van der Waals surface area contributed by atoms with Crippen LogP contribution in [0.3, 0.4) is 0 Å². The van der Waals surface area contributed by atoms with E-state index in [9.17, 15) is 4.79 Å². The number of nitrogens with one attached hydrogen (secondary N) is 1. The van der Waals surface area contributed by atoms with Crippen molar-refractivity contribution in [1.29, 1.82) is 0 Å². The van der Waals surface area contributed by atoms with E-state index in [1.165, 1.54) is 23.3 Å². The Labute approximate surface area is 127 Å². The van der Waals surface area contributed by atoms with Gasteiger partial charge in [0.05, 0.1) is 10.8 Å². The summed E-state index contributed by atoms with van der Waals surface area (Å²) in [5.74, 6) is 1.36. The lowest BCUT2D eigenvalue weighted by Gasteiger charge is -2.20. The van der Waals surface area contributed by atoms with Crippen LogP contribution in [-0.2, 0) is 12.8 Å². The number of halogens is 1. The number of aromatic amines is 1. The number of fused-ring (bicyclic) bond motifs is 3. The number of thiophene rings is 1. The maximum Gasteiger partial charge on any atom is 0.259 e. The Morgan fingerprint density at radius 3 is 3.00 bits per heavy atom. The van der Waals surface area contributed by atoms with Crippen molar-refractivity contribution < 1.29 is 0 Å². The highest BCUT2D eigenvalue weighted by Gasteiger charge is 2.24. The zero-order chi connectivity index (χ0) is 14.3. The van der Waals surface area contributed by atoms with Crippen LogP contribution in [0.5, 0.6) is 0 Å². The zero-order valence-corrected chi connectivity index (χ0v) is 13.4. The maximum absolute atomic E-state index is 12.4. The average molecular weight is 311 g/mol. The topological polar surface area (TPSA) is 45.8 Å². The van der Waals surface area contributed by atoms with Gasteiger partial charge in [-0.15, -0.1) is 22.9 Å². The summed E-state index contributed by atoms with van der Waals surface area (Å²) < 4.78 is 0. The van der Waals surface area contributed by atoms with Gasteiger partial charge in [0.2, 0.25) is 0 Å². The smallest absolute Gasteiger partial charge is 0.259 e. The van der Waals surface area contributed by atoms with Gasteiger partial charge in [0.1, 0.15) is 10.7 Å². The van der Waals surface area contributed by atoms with Crippen molar-refractivity contribution in [3.8, 4) is 0 Å². The summed E-state index contributed by atoms with van der Waals surface area (Å²) in [6.45, 7) is 4.23. The molecule has 0 saturated carbocycles. The van der Waals surface area contributed by atoms with Crippen LogP contribution < -0.4 is 5.56 Å². The number of hydrogen-bond donors (Lipinski definition) is 1. The van der Waals surface area contributed by atoms with E-state index < -0.39 is 0 Å². The molecule has 0 amide bonds. The molecule has 2 heterocycles. The molecule has 2 unspecified atom stereocenters. The normalized spacial score (nSPS) is 20.1. The molecule has 1 aliphatic rings. The standard InChI is InChI=1S/C15H19ClN2OS/c1-3-8-5-6-9-11(7-8)20-15-12(9)14(19)17-13(18-15)10(16)4-2/h8,10H,3-7H2,1-2H3,(H,17,18,19). The monoisotopic (exact) mass is 310 g/mol. The van der Waals surface area contributed by atoms with Gasteiger partial charge in [-0.1, -0.05) is 20.3 Å². The molecule has 0 spiro atoms. The fourth-order valence-corrected chi connectivity index (χ4v) is 4.40. The van der Waals surface area contributed by atoms with Crippen LogP contribution in [0.4, 0.5) is 0 Å². The second kappa shape index (κ2) is 5.49. The molecule has 2 aromatic rings. The summed E-state index contributed by atoms with van der Waals surface area (Å²) >= 11 is 7.89. The van der Waals surface area contributed by atoms with E-state index in [4.69, 9.17) is 11.6 Å². The minimum absolute atomic E-state index is 0.0171. The van der Waals surface area contributed by atoms with Crippen molar-refractivity contribution in [2.24, 2.45) is 5.92 Å². The van der Waals surface area contributed by atoms with Gasteiger partial charge in [-0.3, -0.25) is 4.79 Å². The SMILES string of the molecule is CCC1CCc2c(sc3nc(C(Cl)CC)[nH]c(=O)c23)C1. The first-order valence-electron chi connectivity index (χ1n) is 7.32. The molecule has 0 radical (unpaired) electrons. The van der Waals surface area contributed by atoms with Gasteiger partial charge >= 0.3 is 0 Å². The second-order valence-corrected chi connectivity index (χ2v) is 7.14. The van der Waals surface area contributed by atoms with Crippen LogP contribution >= 0.6 is 22.9 Å². The summed E-state index contributed by atoms with van der Waals surface area (Å²) in [7, 11) is 0. The molecule has 0 aliphatic heterocycles. The number of rotatable bonds is 3. The lowest BCUT2D eigenvalue weighted by atomic mass is 9.86. The molecule has 0 aromatic carbocycles. The molecule has 0 fully saturated rings. The third-order valence-electron chi connectivity index (χ3n) is 4.27. The highest BCUT2D eigenvalue weighted by molar-refractivity contribution is 7.18. The fraction of sp³-hybridized carbons (Fsp3) is 0.600. The Bertz CT molecular complexity index is 691. The number of alkyl halides is 1. The van der Waals surface area contributed by atoms with Gasteiger partial charge in [-0.2, -0.15) is 0 Å². The van der Waals surface area contributed by atoms with Gasteiger partial charge < -0.3 is 4.98 Å². The van der Waals surface area contributed by atoms with Crippen molar-refractivity contribution in [3.05, 3.63) is 26.6 Å². The van der Waals surface area contributed by atoms with Gasteiger partial charge in [-0.05, 0) is 37.2 Å². The van der Waals surface area contributed by atoms with Crippen LogP contribution in [0.25, 0.3) is 10.2 Å². The number of aryl methyl sites for hydroxylation is 1. The highest BCUT2D eigenvalue weighted by atomic mass is 35.5. The third-order valence-corrected chi connectivity index (χ3v) is 5.94. The van der Waals surface area contributed by atoms with Crippen LogP contribution in [0, 0.1) is 5.92 Å². The van der Waals surface area contributed by atoms with E-state index in [0.717, 1.165) is 35.4 Å². The molecular weight excluding hydrogens is 292 g/mol. The lowest BCUT2D eigenvalue weighted by molar-refractivity contribution is 0.451. The Kier molecular flexibility index (Phi) is 3.87. The third kappa shape index (κ3) is 2.29. The largest absolute Gasteiger partial charge is 0.309 e. The van der Waals surface area contributed by atoms with Gasteiger partial charge in [0.25, 0.3) is 5.56 Å². The van der Waals surface area contributed by atoms with E-state index in [1.807, 2.05) is 6.92 Å². The maximum atomic E-state index is 12.4. The molecule has 3 rings (SSSR count). The van der Waals surface area contributed by atoms with E-state index in [1.54, 1.807) is 11.3 Å². The molecule has 5 heteroatoms. The molecule has 0 bridgehead atoms. The molecule has 2 atom stereocenters. The molecule has 1 aliphatic carbocycles. The predicted molar refractivity (Wildman–Crippen MR) is 84.9 cm³/mol. The summed E-state index contributed by atoms with van der Waals surface area (Å²) in [6, 6.07) is 0. The van der Waals surface area contributed by atoms with Crippen LogP contribution in [0.15, 0.2) is 4.79 Å². The van der Waals surface area contributed by atoms with Gasteiger partial charge in [0, 0.05) is 4.88 Å². The van der Waals surface area contributed by atoms with Crippen LogP contribution in [0.2, 0.25) is 0 Å². The molecule has 1 N–H and O–H groups in total. The Hall–Kier alpha value is -0.870. The lowest BCUT2D eigenvalue weighted by Crippen LogP contribution is -2.16. The summed E-state index contributed by atoms with van der Waals surface area (Å²) in [5, 5.41) is 0.595. The number of H-pyrrole nitrogens is 1. The van der Waals surface area contributed by atoms with Gasteiger partial charge in [-0.25, -0.2) is 4.98 Å². The van der Waals surface area contributed by atoms with Crippen molar-refractivity contribution >= 4 is 33.2 Å². The van der Waals surface area contributed by atoms with E-state index >= 15 is 0 Å². The molecule has 108 valence electrons. The van der Waals surface area contributed by atoms with Gasteiger partial charge in [0.15, 0.2) is 0 Å². The van der Waals surface area contributed by atoms with E-state index in [0.29, 0.717) is 5.82 Å². The van der Waals surface area contributed by atoms with Crippen molar-refractivity contribution in [1.82, 2.24) is 9.97 Å². The average Bonchev–Trinajstić information content (AvgIpc) is 2.83. The first-order chi connectivity index (χ1) is 9.63. The second-order valence-electron chi connectivity index (χ2n) is 5.53. The number of aromatic nitrogens is 2. The van der Waals surface area contributed by atoms with Crippen molar-refractivity contribution in [3.63, 3.8) is 0 Å². The fourth-order valence-electron chi connectivity index (χ4n) is 2.96. The molecule has 20 heavy (non-hydrogen) atoms. The summed E-state index contributed by atoms with van der Waals surface area (Å²) in [4.78, 5) is 22.0. The number of nitrogens with zero attached hydrogens (tertiary/aromatic N) is 1. The minimum atomic E-state index is -0.213. The molecule has 2 aromatic heterocycles. The Morgan fingerprint density at radius 1 is 1.50 bits per heavy atom. The zero-order valence-electron chi connectivity index (χ0n) is 11.8. The van der Waals surface area contributed by atoms with Crippen LogP contribution in [0.1, 0.15) is 54.8 Å². The summed E-state index contributed by atoms with van der Waals surface area (Å²) in [6.07, 6.45) is 5.26. The van der Waals surface area contributed by atoms with Crippen molar-refractivity contribution in [2.45, 2.75) is 51.3 Å². The predicted octanol–water partition coefficient (Wildman–Crippen LogP) is 4.19. The van der Waals surface area contributed by atoms with E-state index in [-0.39, 0.29) is 10.9 Å². The first-order valence-corrected chi connectivity index (χ1v) is 8.57. The summed E-state index contributed by atoms with van der Waals surface area (Å²) in [5.41, 5.74) is 1.22. The molecular formula is C15H19ClN2OS. The van der Waals surface area contributed by atoms with Crippen molar-refractivity contribution in [2.75, 3.05) is 0 Å². The number of hydrogen-bond acceptors (Lipinski definition) is 3. The molecule has 0 saturated heterocycles. The first kappa shape index (κ1) is 14.1. The Morgan fingerprint density at radius 2 is 2.30 bits per heavy atom. The highest BCUT2D eigenvalue weighted by Crippen LogP contribution is 2.37. The molecule has 3 nitrogen and oxygen atoms in total. The quantitative estimate of drug-likeness (QED) is 0.864. The van der Waals surface area contributed by atoms with Crippen LogP contribution in [-0.4, -0.2) is 9.97 Å². The Balaban J connectivity index is 2.13. The van der Waals surface area contributed by atoms with E-state index in [2.05, 4.69) is 16.9 Å². The minimum Gasteiger partial charge on any atom is -0.309 e.